The van der Waals surface area contributed by atoms with Crippen molar-refractivity contribution in [2.24, 2.45) is 0 Å². The number of allylic oxidation sites excluding steroid dienone is 4. The largest absolute Gasteiger partial charge is 0.387 e. The van der Waals surface area contributed by atoms with Crippen LogP contribution in [0.2, 0.25) is 0 Å². The van der Waals surface area contributed by atoms with Gasteiger partial charge in [-0.2, -0.15) is 0 Å². The molecule has 14 heteroatoms. The molecule has 1 unspecified atom stereocenters. The Labute approximate surface area is 412 Å². The van der Waals surface area contributed by atoms with Crippen LogP contribution in [0.5, 0.6) is 0 Å². The number of aliphatic hydroxyl groups excluding tert-OH is 1. The van der Waals surface area contributed by atoms with E-state index in [1.165, 1.54) is 0 Å². The number of amides is 2. The molecule has 2 N–H and O–H groups in total. The van der Waals surface area contributed by atoms with Gasteiger partial charge in [0.05, 0.1) is 61.3 Å². The zero-order chi connectivity index (χ0) is 50.0. The minimum atomic E-state index is -1.38. The number of halogens is 4. The average molecular weight is 978 g/mol. The lowest BCUT2D eigenvalue weighted by molar-refractivity contribution is -0.260. The summed E-state index contributed by atoms with van der Waals surface area (Å²) in [5.74, 6) is -6.00. The third-order valence-corrected chi connectivity index (χ3v) is 14.2. The number of aliphatic hydroxyl groups is 1. The Bertz CT molecular complexity index is 3330. The lowest BCUT2D eigenvalue weighted by atomic mass is 9.87. The number of hydrogen-bond acceptors (Lipinski definition) is 8. The third-order valence-electron chi connectivity index (χ3n) is 14.2. The number of aromatic nitrogens is 1. The highest BCUT2D eigenvalue weighted by Gasteiger charge is 2.54. The highest BCUT2D eigenvalue weighted by Crippen LogP contribution is 2.46. The molecular weight excluding hydrogens is 927 g/mol. The molecule has 2 amide bonds. The molecule has 6 aromatic rings. The summed E-state index contributed by atoms with van der Waals surface area (Å²) < 4.78 is 89.6. The van der Waals surface area contributed by atoms with Crippen molar-refractivity contribution < 1.29 is 51.2 Å². The summed E-state index contributed by atoms with van der Waals surface area (Å²) >= 11 is 0. The van der Waals surface area contributed by atoms with Gasteiger partial charge in [0, 0.05) is 28.5 Å². The number of nitrogens with zero attached hydrogens (tertiary/aromatic N) is 2. The normalized spacial score (nSPS) is 22.7. The zero-order valence-electron chi connectivity index (χ0n) is 39.7. The van der Waals surface area contributed by atoms with Crippen molar-refractivity contribution in [1.29, 1.82) is 0 Å². The van der Waals surface area contributed by atoms with Crippen LogP contribution in [0.25, 0.3) is 22.6 Å². The number of H-pyrrole nitrogens is 1. The van der Waals surface area contributed by atoms with Crippen LogP contribution in [0.1, 0.15) is 74.9 Å². The molecule has 1 fully saturated rings. The molecule has 3 aliphatic heterocycles. The van der Waals surface area contributed by atoms with Gasteiger partial charge in [0.25, 0.3) is 11.8 Å². The molecule has 0 radical (unpaired) electrons. The quantitative estimate of drug-likeness (QED) is 0.0871. The standard InChI is InChI=1S/C58H51F4N3O7/c1-58(2,3)36-21-19-32(20-22-36)27-64-55(67)48-46-37-23-39(59)41(61)25-43(37)63-50(46)51-47(49(48)56(64)68)38-24-40(60)42(62)26-44(38)65(51)57-54(71-30-35-17-11-6-12-18-35)53(70-29-34-15-9-5-10-16-34)52(66)45(72-57)31-69-28-33-13-7-4-8-14-33/h4-22,24-26,44-45,52-54,57,63,66H,23,27-31H2,1-3H3/t44?,45-,52+,53+,54-,57-/m1/s1. The van der Waals surface area contributed by atoms with Gasteiger partial charge in [-0.1, -0.05) is 136 Å². The summed E-state index contributed by atoms with van der Waals surface area (Å²) in [6.45, 7) is 6.12. The molecule has 0 saturated carbocycles. The maximum absolute atomic E-state index is 16.1. The smallest absolute Gasteiger partial charge is 0.262 e. The van der Waals surface area contributed by atoms with Gasteiger partial charge in [0.2, 0.25) is 0 Å². The van der Waals surface area contributed by atoms with Gasteiger partial charge in [-0.3, -0.25) is 14.5 Å². The minimum absolute atomic E-state index is 0.00656. The molecule has 5 aliphatic rings. The third kappa shape index (κ3) is 8.50. The fourth-order valence-corrected chi connectivity index (χ4v) is 10.5. The Morgan fingerprint density at radius 2 is 1.32 bits per heavy atom. The van der Waals surface area contributed by atoms with E-state index in [2.05, 4.69) is 25.8 Å². The number of rotatable bonds is 13. The molecule has 4 heterocycles. The first-order valence-electron chi connectivity index (χ1n) is 24.0. The lowest BCUT2D eigenvalue weighted by Gasteiger charge is -2.49. The van der Waals surface area contributed by atoms with E-state index in [0.717, 1.165) is 45.4 Å². The Morgan fingerprint density at radius 3 is 1.94 bits per heavy atom. The summed E-state index contributed by atoms with van der Waals surface area (Å²) in [4.78, 5) is 36.3. The van der Waals surface area contributed by atoms with Gasteiger partial charge in [0.1, 0.15) is 30.2 Å². The number of carbonyl (C=O) groups excluding carboxylic acids is 2. The van der Waals surface area contributed by atoms with E-state index in [4.69, 9.17) is 18.9 Å². The number of aromatic amines is 1. The van der Waals surface area contributed by atoms with Crippen molar-refractivity contribution >= 4 is 40.1 Å². The number of ether oxygens (including phenoxy) is 4. The minimum Gasteiger partial charge on any atom is -0.387 e. The summed E-state index contributed by atoms with van der Waals surface area (Å²) in [5.41, 5.74) is 4.46. The molecule has 2 aliphatic carbocycles. The topological polar surface area (TPSA) is 114 Å². The summed E-state index contributed by atoms with van der Waals surface area (Å²) in [7, 11) is 0. The molecule has 0 spiro atoms. The number of hydrogen-bond donors (Lipinski definition) is 2. The van der Waals surface area contributed by atoms with Crippen LogP contribution in [0.3, 0.4) is 0 Å². The molecule has 11 rings (SSSR count). The number of anilines is 1. The van der Waals surface area contributed by atoms with Gasteiger partial charge in [-0.15, -0.1) is 0 Å². The number of benzene rings is 5. The highest BCUT2D eigenvalue weighted by atomic mass is 19.2. The Kier molecular flexibility index (Phi) is 12.4. The maximum Gasteiger partial charge on any atom is 0.262 e. The van der Waals surface area contributed by atoms with Gasteiger partial charge >= 0.3 is 0 Å². The van der Waals surface area contributed by atoms with E-state index in [0.29, 0.717) is 5.56 Å². The van der Waals surface area contributed by atoms with Crippen molar-refractivity contribution in [2.75, 3.05) is 11.5 Å². The monoisotopic (exact) mass is 977 g/mol. The first-order valence-corrected chi connectivity index (χ1v) is 24.0. The summed E-state index contributed by atoms with van der Waals surface area (Å²) in [6.07, 6.45) is -3.70. The van der Waals surface area contributed by atoms with Crippen molar-refractivity contribution in [3.8, 4) is 0 Å². The molecular formula is C58H51F4N3O7. The van der Waals surface area contributed by atoms with E-state index in [1.54, 1.807) is 4.90 Å². The Balaban J connectivity index is 1.11. The van der Waals surface area contributed by atoms with Gasteiger partial charge in [0.15, 0.2) is 23.7 Å². The molecule has 1 aromatic heterocycles. The van der Waals surface area contributed by atoms with Crippen LogP contribution in [0.15, 0.2) is 151 Å². The van der Waals surface area contributed by atoms with Crippen LogP contribution in [-0.2, 0) is 57.1 Å². The van der Waals surface area contributed by atoms with Crippen LogP contribution < -0.4 is 15.5 Å². The van der Waals surface area contributed by atoms with Crippen molar-refractivity contribution in [1.82, 2.24) is 9.88 Å². The SMILES string of the molecule is CC(C)(C)c1ccc(CN2C(=O)c3c(c4c5c([nH]c4c4c3=C3C=C(F)C(F)=CC3N4[C@@H]3O[C@H](COCc4ccccc4)[C@H](O)[C@H](OCc4ccccc4)[C@H]3OCc3ccccc3)=CC(F)=C(F)C5)C2=O)cc1. The van der Waals surface area contributed by atoms with Gasteiger partial charge < -0.3 is 33.9 Å². The van der Waals surface area contributed by atoms with E-state index >= 15 is 27.2 Å². The summed E-state index contributed by atoms with van der Waals surface area (Å²) in [6, 6.07) is 34.4. The second-order valence-electron chi connectivity index (χ2n) is 19.9. The van der Waals surface area contributed by atoms with E-state index < -0.39 is 78.2 Å². The van der Waals surface area contributed by atoms with Crippen molar-refractivity contribution in [3.63, 3.8) is 0 Å². The fourth-order valence-electron chi connectivity index (χ4n) is 10.5. The Morgan fingerprint density at radius 1 is 0.722 bits per heavy atom. The lowest BCUT2D eigenvalue weighted by Crippen LogP contribution is -2.66. The average Bonchev–Trinajstić information content (AvgIpc) is 3.97. The van der Waals surface area contributed by atoms with Gasteiger partial charge in [-0.05, 0) is 56.5 Å². The highest BCUT2D eigenvalue weighted by molar-refractivity contribution is 6.29. The van der Waals surface area contributed by atoms with Crippen molar-refractivity contribution in [2.45, 2.75) is 95.7 Å². The zero-order valence-corrected chi connectivity index (χ0v) is 39.7. The number of imide groups is 1. The predicted octanol–water partition coefficient (Wildman–Crippen LogP) is 9.28. The van der Waals surface area contributed by atoms with Gasteiger partial charge in [-0.25, -0.2) is 17.6 Å². The van der Waals surface area contributed by atoms with Crippen LogP contribution in [0, 0.1) is 0 Å². The fraction of sp³-hybridized carbons (Fsp3) is 0.276. The first kappa shape index (κ1) is 47.4. The molecule has 0 bridgehead atoms. The van der Waals surface area contributed by atoms with E-state index in [9.17, 15) is 5.11 Å². The van der Waals surface area contributed by atoms with E-state index in [1.807, 2.05) is 115 Å². The molecule has 368 valence electrons. The summed E-state index contributed by atoms with van der Waals surface area (Å²) in [5, 5.41) is 12.8. The van der Waals surface area contributed by atoms with Crippen LogP contribution in [-0.4, -0.2) is 70.1 Å². The first-order chi connectivity index (χ1) is 34.7. The number of fused-ring (bicyclic) bond motifs is 9. The van der Waals surface area contributed by atoms with Crippen LogP contribution in [0.4, 0.5) is 23.2 Å². The number of carbonyl (C=O) groups is 2. The second kappa shape index (κ2) is 18.9. The maximum atomic E-state index is 16.1. The Hall–Kier alpha value is -6.94. The molecule has 5 aromatic carbocycles. The van der Waals surface area contributed by atoms with Crippen molar-refractivity contribution in [3.05, 3.63) is 206 Å². The predicted molar refractivity (Wildman–Crippen MR) is 263 cm³/mol. The molecule has 6 atom stereocenters. The molecule has 72 heavy (non-hydrogen) atoms. The number of nitrogens with one attached hydrogen (secondary N) is 1. The molecule has 1 saturated heterocycles. The second-order valence-corrected chi connectivity index (χ2v) is 19.9. The van der Waals surface area contributed by atoms with Crippen LogP contribution >= 0.6 is 0 Å². The molecule has 10 nitrogen and oxygen atoms in total. The van der Waals surface area contributed by atoms with E-state index in [-0.39, 0.29) is 87.8 Å².